The van der Waals surface area contributed by atoms with E-state index in [-0.39, 0.29) is 23.3 Å². The summed E-state index contributed by atoms with van der Waals surface area (Å²) in [4.78, 5) is 12.5. The summed E-state index contributed by atoms with van der Waals surface area (Å²) in [6.07, 6.45) is 2.81. The van der Waals surface area contributed by atoms with Gasteiger partial charge in [-0.25, -0.2) is 9.07 Å². The molecule has 0 radical (unpaired) electrons. The first-order valence-electron chi connectivity index (χ1n) is 8.66. The Morgan fingerprint density at radius 2 is 2.04 bits per heavy atom. The molecular weight excluding hydrogens is 369 g/mol. The lowest BCUT2D eigenvalue weighted by Crippen LogP contribution is -2.22. The zero-order valence-corrected chi connectivity index (χ0v) is 15.2. The number of anilines is 1. The van der Waals surface area contributed by atoms with Crippen molar-refractivity contribution >= 4 is 23.3 Å². The van der Waals surface area contributed by atoms with E-state index in [1.165, 1.54) is 12.1 Å². The van der Waals surface area contributed by atoms with Crippen LogP contribution < -0.4 is 10.1 Å². The Labute approximate surface area is 160 Å². The standard InChI is InChI=1S/C20H17ClFN3O2/c21-16-11-13(22)9-10-18(16)27-12-19(26)23-20-15-7-4-8-17(15)24-25(20)14-5-2-1-3-6-14/h1-3,5-6,9-11H,4,7-8,12H2,(H,23,26). The number of rotatable bonds is 5. The van der Waals surface area contributed by atoms with Crippen molar-refractivity contribution in [1.29, 1.82) is 0 Å². The van der Waals surface area contributed by atoms with Gasteiger partial charge in [-0.05, 0) is 49.6 Å². The van der Waals surface area contributed by atoms with E-state index in [9.17, 15) is 9.18 Å². The second-order valence-corrected chi connectivity index (χ2v) is 6.69. The molecule has 0 unspecified atom stereocenters. The van der Waals surface area contributed by atoms with E-state index in [1.807, 2.05) is 30.3 Å². The van der Waals surface area contributed by atoms with E-state index in [4.69, 9.17) is 16.3 Å². The number of nitrogens with zero attached hydrogens (tertiary/aromatic N) is 2. The van der Waals surface area contributed by atoms with Gasteiger partial charge in [0.2, 0.25) is 0 Å². The summed E-state index contributed by atoms with van der Waals surface area (Å²) in [7, 11) is 0. The first-order valence-corrected chi connectivity index (χ1v) is 9.03. The molecule has 1 aliphatic rings. The third-order valence-corrected chi connectivity index (χ3v) is 4.71. The molecular formula is C20H17ClFN3O2. The smallest absolute Gasteiger partial charge is 0.263 e. The monoisotopic (exact) mass is 385 g/mol. The van der Waals surface area contributed by atoms with Gasteiger partial charge in [0.05, 0.1) is 16.4 Å². The minimum atomic E-state index is -0.459. The SMILES string of the molecule is O=C(COc1ccc(F)cc1Cl)Nc1c2c(nn1-c1ccccc1)CCC2. The van der Waals surface area contributed by atoms with Gasteiger partial charge in [0.15, 0.2) is 6.61 Å². The Balaban J connectivity index is 1.53. The molecule has 7 heteroatoms. The van der Waals surface area contributed by atoms with E-state index >= 15 is 0 Å². The van der Waals surface area contributed by atoms with E-state index < -0.39 is 5.82 Å². The number of ether oxygens (including phenoxy) is 1. The van der Waals surface area contributed by atoms with Crippen LogP contribution >= 0.6 is 11.6 Å². The molecule has 0 fully saturated rings. The minimum Gasteiger partial charge on any atom is -0.482 e. The molecule has 27 heavy (non-hydrogen) atoms. The molecule has 0 spiro atoms. The normalized spacial score (nSPS) is 12.7. The fraction of sp³-hybridized carbons (Fsp3) is 0.200. The summed E-state index contributed by atoms with van der Waals surface area (Å²) >= 11 is 5.93. The van der Waals surface area contributed by atoms with Crippen molar-refractivity contribution in [2.24, 2.45) is 0 Å². The summed E-state index contributed by atoms with van der Waals surface area (Å²) in [5, 5.41) is 7.69. The van der Waals surface area contributed by atoms with Crippen LogP contribution in [0.3, 0.4) is 0 Å². The van der Waals surface area contributed by atoms with Crippen molar-refractivity contribution in [3.05, 3.63) is 70.6 Å². The topological polar surface area (TPSA) is 56.1 Å². The van der Waals surface area contributed by atoms with Gasteiger partial charge < -0.3 is 10.1 Å². The predicted molar refractivity (Wildman–Crippen MR) is 101 cm³/mol. The average Bonchev–Trinajstić information content (AvgIpc) is 3.24. The minimum absolute atomic E-state index is 0.123. The second-order valence-electron chi connectivity index (χ2n) is 6.29. The Hall–Kier alpha value is -2.86. The van der Waals surface area contributed by atoms with Crippen molar-refractivity contribution < 1.29 is 13.9 Å². The van der Waals surface area contributed by atoms with Crippen LogP contribution in [0.5, 0.6) is 5.75 Å². The Morgan fingerprint density at radius 3 is 2.81 bits per heavy atom. The van der Waals surface area contributed by atoms with Crippen LogP contribution in [0.4, 0.5) is 10.2 Å². The van der Waals surface area contributed by atoms with Crippen LogP contribution in [0.15, 0.2) is 48.5 Å². The number of fused-ring (bicyclic) bond motifs is 1. The maximum absolute atomic E-state index is 13.1. The fourth-order valence-corrected chi connectivity index (χ4v) is 3.40. The number of para-hydroxylation sites is 1. The Kier molecular flexibility index (Phi) is 4.81. The predicted octanol–water partition coefficient (Wildman–Crippen LogP) is 4.17. The highest BCUT2D eigenvalue weighted by Crippen LogP contribution is 2.31. The number of benzene rings is 2. The molecule has 2 aromatic carbocycles. The number of hydrogen-bond acceptors (Lipinski definition) is 3. The van der Waals surface area contributed by atoms with Gasteiger partial charge in [0.1, 0.15) is 17.4 Å². The highest BCUT2D eigenvalue weighted by molar-refractivity contribution is 6.32. The van der Waals surface area contributed by atoms with Gasteiger partial charge in [-0.2, -0.15) is 5.10 Å². The number of aryl methyl sites for hydroxylation is 1. The van der Waals surface area contributed by atoms with Crippen LogP contribution in [-0.4, -0.2) is 22.3 Å². The molecule has 3 aromatic rings. The quantitative estimate of drug-likeness (QED) is 0.717. The second kappa shape index (κ2) is 7.40. The molecule has 1 N–H and O–H groups in total. The number of halogens is 2. The molecule has 1 heterocycles. The van der Waals surface area contributed by atoms with Gasteiger partial charge in [-0.3, -0.25) is 4.79 Å². The van der Waals surface area contributed by atoms with E-state index in [1.54, 1.807) is 4.68 Å². The Morgan fingerprint density at radius 1 is 1.22 bits per heavy atom. The Bertz CT molecular complexity index is 988. The largest absolute Gasteiger partial charge is 0.482 e. The zero-order chi connectivity index (χ0) is 18.8. The molecule has 0 bridgehead atoms. The van der Waals surface area contributed by atoms with Crippen molar-refractivity contribution in [2.75, 3.05) is 11.9 Å². The van der Waals surface area contributed by atoms with Gasteiger partial charge >= 0.3 is 0 Å². The average molecular weight is 386 g/mol. The lowest BCUT2D eigenvalue weighted by Gasteiger charge is -2.12. The summed E-state index contributed by atoms with van der Waals surface area (Å²) in [5.41, 5.74) is 2.95. The molecule has 0 saturated heterocycles. The number of nitrogens with one attached hydrogen (secondary N) is 1. The fourth-order valence-electron chi connectivity index (χ4n) is 3.18. The first kappa shape index (κ1) is 17.5. The molecule has 5 nitrogen and oxygen atoms in total. The zero-order valence-electron chi connectivity index (χ0n) is 14.4. The number of hydrogen-bond donors (Lipinski definition) is 1. The van der Waals surface area contributed by atoms with Crippen LogP contribution in [0.1, 0.15) is 17.7 Å². The van der Waals surface area contributed by atoms with Crippen LogP contribution in [-0.2, 0) is 17.6 Å². The highest BCUT2D eigenvalue weighted by Gasteiger charge is 2.24. The van der Waals surface area contributed by atoms with Crippen molar-refractivity contribution in [3.8, 4) is 11.4 Å². The van der Waals surface area contributed by atoms with E-state index in [0.717, 1.165) is 42.3 Å². The van der Waals surface area contributed by atoms with Crippen LogP contribution in [0.25, 0.3) is 5.69 Å². The van der Waals surface area contributed by atoms with Crippen molar-refractivity contribution in [3.63, 3.8) is 0 Å². The van der Waals surface area contributed by atoms with E-state index in [2.05, 4.69) is 10.4 Å². The van der Waals surface area contributed by atoms with Crippen molar-refractivity contribution in [1.82, 2.24) is 9.78 Å². The summed E-state index contributed by atoms with van der Waals surface area (Å²) in [5.74, 6) is 0.142. The molecule has 0 aliphatic heterocycles. The third-order valence-electron chi connectivity index (χ3n) is 4.42. The van der Waals surface area contributed by atoms with Gasteiger partial charge in [-0.15, -0.1) is 0 Å². The molecule has 1 aliphatic carbocycles. The molecule has 0 saturated carbocycles. The maximum Gasteiger partial charge on any atom is 0.263 e. The van der Waals surface area contributed by atoms with E-state index in [0.29, 0.717) is 5.82 Å². The first-order chi connectivity index (χ1) is 13.1. The molecule has 138 valence electrons. The maximum atomic E-state index is 13.1. The number of carbonyl (C=O) groups is 1. The lowest BCUT2D eigenvalue weighted by molar-refractivity contribution is -0.118. The third kappa shape index (κ3) is 3.66. The van der Waals surface area contributed by atoms with Gasteiger partial charge in [-0.1, -0.05) is 29.8 Å². The molecule has 1 aromatic heterocycles. The highest BCUT2D eigenvalue weighted by atomic mass is 35.5. The molecule has 0 atom stereocenters. The summed E-state index contributed by atoms with van der Waals surface area (Å²) in [6.45, 7) is -0.236. The number of amides is 1. The molecule has 1 amide bonds. The number of aromatic nitrogens is 2. The molecule has 4 rings (SSSR count). The number of carbonyl (C=O) groups excluding carboxylic acids is 1. The van der Waals surface area contributed by atoms with Crippen molar-refractivity contribution in [2.45, 2.75) is 19.3 Å². The van der Waals surface area contributed by atoms with Gasteiger partial charge in [0.25, 0.3) is 5.91 Å². The summed E-state index contributed by atoms with van der Waals surface area (Å²) in [6, 6.07) is 13.4. The summed E-state index contributed by atoms with van der Waals surface area (Å²) < 4.78 is 20.3. The van der Waals surface area contributed by atoms with Crippen LogP contribution in [0.2, 0.25) is 5.02 Å². The van der Waals surface area contributed by atoms with Gasteiger partial charge in [0, 0.05) is 5.56 Å². The van der Waals surface area contributed by atoms with Crippen LogP contribution in [0, 0.1) is 5.82 Å². The lowest BCUT2D eigenvalue weighted by atomic mass is 10.2.